The van der Waals surface area contributed by atoms with Crippen molar-refractivity contribution < 1.29 is 46.3 Å². The van der Waals surface area contributed by atoms with Gasteiger partial charge in [0.15, 0.2) is 0 Å². The summed E-state index contributed by atoms with van der Waals surface area (Å²) in [4.78, 5) is 22.7. The topological polar surface area (TPSA) is 192 Å². The molecular formula is C26H36N4O10S2. The molecule has 1 atom stereocenters. The van der Waals surface area contributed by atoms with Crippen LogP contribution >= 0.6 is 0 Å². The molecule has 2 amide bonds. The van der Waals surface area contributed by atoms with Crippen LogP contribution in [0.15, 0.2) is 58.3 Å². The van der Waals surface area contributed by atoms with Gasteiger partial charge in [-0.1, -0.05) is 19.8 Å². The molecule has 0 saturated carbocycles. The molecule has 0 aliphatic heterocycles. The van der Waals surface area contributed by atoms with Crippen LogP contribution in [0.4, 0.5) is 0 Å². The largest absolute Gasteiger partial charge is 0.497 e. The van der Waals surface area contributed by atoms with E-state index in [1.165, 1.54) is 80.7 Å². The first kappa shape index (κ1) is 36.3. The van der Waals surface area contributed by atoms with Crippen LogP contribution in [0.25, 0.3) is 0 Å². The Labute approximate surface area is 246 Å². The lowest BCUT2D eigenvalue weighted by Gasteiger charge is -2.28. The van der Waals surface area contributed by atoms with Gasteiger partial charge >= 0.3 is 0 Å². The van der Waals surface area contributed by atoms with Crippen molar-refractivity contribution in [2.75, 3.05) is 34.4 Å². The van der Waals surface area contributed by atoms with E-state index in [9.17, 15) is 26.4 Å². The molecule has 2 rings (SSSR count). The van der Waals surface area contributed by atoms with E-state index in [4.69, 9.17) is 19.9 Å². The summed E-state index contributed by atoms with van der Waals surface area (Å²) in [5.74, 6) is 4.52. The number of rotatable bonds is 12. The first-order valence-electron chi connectivity index (χ1n) is 12.2. The zero-order valence-electron chi connectivity index (χ0n) is 24.1. The molecule has 0 spiro atoms. The van der Waals surface area contributed by atoms with Gasteiger partial charge in [-0.25, -0.2) is 27.8 Å². The zero-order chi connectivity index (χ0) is 32.1. The van der Waals surface area contributed by atoms with Crippen LogP contribution in [0.5, 0.6) is 11.5 Å². The summed E-state index contributed by atoms with van der Waals surface area (Å²) in [7, 11) is -3.64. The second kappa shape index (κ2) is 16.7. The average molecular weight is 629 g/mol. The number of ether oxygens (including phenoxy) is 2. The fourth-order valence-electron chi connectivity index (χ4n) is 3.42. The lowest BCUT2D eigenvalue weighted by molar-refractivity contribution is -0.134. The molecule has 0 fully saturated rings. The Morgan fingerprint density at radius 3 is 1.81 bits per heavy atom. The Bertz CT molecular complexity index is 1450. The minimum absolute atomic E-state index is 0.0182. The summed E-state index contributed by atoms with van der Waals surface area (Å²) in [6.07, 6.45) is 0. The Hall–Kier alpha value is -3.72. The molecule has 2 aromatic rings. The predicted octanol–water partition coefficient (Wildman–Crippen LogP) is 1.06. The fourth-order valence-corrected chi connectivity index (χ4v) is 6.00. The quantitative estimate of drug-likeness (QED) is 0.150. The molecule has 0 aliphatic rings. The minimum atomic E-state index is -3.86. The first-order chi connectivity index (χ1) is 19.7. The molecule has 232 valence electrons. The number of likely N-dealkylation sites (N-methyl/N-ethyl adjacent to an activating group) is 2. The van der Waals surface area contributed by atoms with Crippen molar-refractivity contribution in [1.29, 1.82) is 0 Å². The van der Waals surface area contributed by atoms with E-state index >= 15 is 0 Å². The smallest absolute Gasteiger partial charge is 0.262 e. The van der Waals surface area contributed by atoms with Crippen molar-refractivity contribution in [1.82, 2.24) is 19.6 Å². The molecule has 4 N–H and O–H groups in total. The number of nitrogens with zero attached hydrogens (tertiary/aromatic N) is 2. The minimum Gasteiger partial charge on any atom is -0.497 e. The predicted molar refractivity (Wildman–Crippen MR) is 152 cm³/mol. The van der Waals surface area contributed by atoms with E-state index in [-0.39, 0.29) is 22.3 Å². The highest BCUT2D eigenvalue weighted by Crippen LogP contribution is 2.23. The highest BCUT2D eigenvalue weighted by molar-refractivity contribution is 7.89. The Kier molecular flexibility index (Phi) is 14.4. The molecule has 42 heavy (non-hydrogen) atoms. The Morgan fingerprint density at radius 1 is 0.881 bits per heavy atom. The third-order valence-electron chi connectivity index (χ3n) is 5.65. The lowest BCUT2D eigenvalue weighted by atomic mass is 10.0. The van der Waals surface area contributed by atoms with E-state index in [2.05, 4.69) is 11.8 Å². The number of nitrogens with one attached hydrogen (secondary N) is 2. The number of carbonyl (C=O) groups is 2. The van der Waals surface area contributed by atoms with E-state index < -0.39 is 44.4 Å². The van der Waals surface area contributed by atoms with Gasteiger partial charge in [-0.15, -0.1) is 5.92 Å². The molecular weight excluding hydrogens is 592 g/mol. The molecule has 0 aromatic heterocycles. The maximum absolute atomic E-state index is 12.5. The second-order valence-corrected chi connectivity index (χ2v) is 12.9. The lowest BCUT2D eigenvalue weighted by Crippen LogP contribution is -2.49. The fraction of sp³-hybridized carbons (Fsp3) is 0.385. The van der Waals surface area contributed by atoms with Crippen molar-refractivity contribution in [3.63, 3.8) is 0 Å². The molecule has 0 radical (unpaired) electrons. The van der Waals surface area contributed by atoms with Gasteiger partial charge in [-0.2, -0.15) is 8.61 Å². The molecule has 14 nitrogen and oxygen atoms in total. The molecule has 0 saturated heterocycles. The van der Waals surface area contributed by atoms with E-state index in [0.717, 1.165) is 8.61 Å². The number of hydrogen-bond acceptors (Lipinski definition) is 10. The molecule has 1 unspecified atom stereocenters. The van der Waals surface area contributed by atoms with E-state index in [0.29, 0.717) is 11.5 Å². The van der Waals surface area contributed by atoms with Crippen LogP contribution in [-0.4, -0.2) is 88.1 Å². The summed E-state index contributed by atoms with van der Waals surface area (Å²) in [6.45, 7) is 4.82. The van der Waals surface area contributed by atoms with Crippen LogP contribution in [0, 0.1) is 17.8 Å². The van der Waals surface area contributed by atoms with Crippen LogP contribution < -0.4 is 20.4 Å². The maximum Gasteiger partial charge on any atom is 0.262 e. The summed E-state index contributed by atoms with van der Waals surface area (Å²) >= 11 is 0. The van der Waals surface area contributed by atoms with Gasteiger partial charge in [0.2, 0.25) is 20.0 Å². The normalized spacial score (nSPS) is 12.0. The highest BCUT2D eigenvalue weighted by Gasteiger charge is 2.35. The Balaban J connectivity index is 0.000000420. The van der Waals surface area contributed by atoms with Gasteiger partial charge in [0, 0.05) is 14.1 Å². The summed E-state index contributed by atoms with van der Waals surface area (Å²) < 4.78 is 61.4. The molecule has 0 bridgehead atoms. The molecule has 0 aliphatic carbocycles. The van der Waals surface area contributed by atoms with Gasteiger partial charge in [0.05, 0.1) is 23.4 Å². The van der Waals surface area contributed by atoms with Crippen molar-refractivity contribution in [3.8, 4) is 23.3 Å². The first-order valence-corrected chi connectivity index (χ1v) is 15.1. The number of hydroxylamine groups is 2. The number of benzene rings is 2. The summed E-state index contributed by atoms with van der Waals surface area (Å²) in [5.41, 5.74) is 2.88. The van der Waals surface area contributed by atoms with Crippen LogP contribution in [0.2, 0.25) is 0 Å². The average Bonchev–Trinajstić information content (AvgIpc) is 2.97. The number of hydrogen-bond donors (Lipinski definition) is 4. The Morgan fingerprint density at radius 2 is 1.38 bits per heavy atom. The van der Waals surface area contributed by atoms with E-state index in [1.807, 2.05) is 0 Å². The van der Waals surface area contributed by atoms with Gasteiger partial charge in [-0.3, -0.25) is 20.0 Å². The third kappa shape index (κ3) is 9.98. The van der Waals surface area contributed by atoms with Crippen LogP contribution in [0.3, 0.4) is 0 Å². The van der Waals surface area contributed by atoms with Crippen molar-refractivity contribution in [2.24, 2.45) is 5.92 Å². The third-order valence-corrected chi connectivity index (χ3v) is 9.32. The molecule has 2 aromatic carbocycles. The van der Waals surface area contributed by atoms with Gasteiger partial charge in [0.1, 0.15) is 24.1 Å². The number of carbonyl (C=O) groups excluding carboxylic acids is 2. The highest BCUT2D eigenvalue weighted by atomic mass is 32.2. The number of methoxy groups -OCH3 is 1. The van der Waals surface area contributed by atoms with Crippen molar-refractivity contribution in [2.45, 2.75) is 36.6 Å². The molecule has 16 heteroatoms. The monoisotopic (exact) mass is 628 g/mol. The number of sulfonamides is 2. The maximum atomic E-state index is 12.5. The number of amides is 2. The van der Waals surface area contributed by atoms with Gasteiger partial charge in [-0.05, 0) is 61.4 Å². The standard InChI is InChI=1S/C13H20N2O5S.C13H16N2O5S/c1-9(2)12(13(16)14-17)15(3)21(18,19)11-7-5-10(20-4)6-8-11;1-3-4-9-20-11-5-7-12(8-6-11)21(18,19)15(2)10-13(16)14-17/h5-9,12,17H,1-4H3,(H,14,16);5-8,17H,9-10H2,1-2H3,(H,14,16). The second-order valence-electron chi connectivity index (χ2n) is 8.84. The van der Waals surface area contributed by atoms with Crippen LogP contribution in [-0.2, 0) is 29.6 Å². The van der Waals surface area contributed by atoms with Crippen LogP contribution in [0.1, 0.15) is 20.8 Å². The SMILES string of the molecule is CC#CCOc1ccc(S(=O)(=O)N(C)CC(=O)NO)cc1.COc1ccc(S(=O)(=O)N(C)C(C(=O)NO)C(C)C)cc1. The zero-order valence-corrected chi connectivity index (χ0v) is 25.7. The van der Waals surface area contributed by atoms with Crippen molar-refractivity contribution in [3.05, 3.63) is 48.5 Å². The van der Waals surface area contributed by atoms with Gasteiger partial charge < -0.3 is 9.47 Å². The molecule has 0 heterocycles. The summed E-state index contributed by atoms with van der Waals surface area (Å²) in [5, 5.41) is 17.2. The van der Waals surface area contributed by atoms with E-state index in [1.54, 1.807) is 20.8 Å². The van der Waals surface area contributed by atoms with Gasteiger partial charge in [0.25, 0.3) is 11.8 Å². The summed E-state index contributed by atoms with van der Waals surface area (Å²) in [6, 6.07) is 10.6. The van der Waals surface area contributed by atoms with Crippen molar-refractivity contribution >= 4 is 31.9 Å².